The van der Waals surface area contributed by atoms with Crippen molar-refractivity contribution in [1.29, 1.82) is 0 Å². The fourth-order valence-corrected chi connectivity index (χ4v) is 3.77. The standard InChI is InChI=1S/C21H32N4O2/c1-2-27-21-7-5-19(6-8-21)17-24-15-14-23(18-20(24)9-16-26)11-4-13-25-12-3-10-22-25/h3,5-8,10,12,20,26H,2,4,9,11,13-18H2,1H3/t20-/m0/s1. The van der Waals surface area contributed by atoms with Gasteiger partial charge in [-0.1, -0.05) is 12.1 Å². The third kappa shape index (κ3) is 6.06. The third-order valence-corrected chi connectivity index (χ3v) is 5.19. The van der Waals surface area contributed by atoms with Crippen molar-refractivity contribution in [3.63, 3.8) is 0 Å². The second-order valence-corrected chi connectivity index (χ2v) is 7.14. The Morgan fingerprint density at radius 3 is 2.74 bits per heavy atom. The summed E-state index contributed by atoms with van der Waals surface area (Å²) in [5, 5.41) is 13.8. The van der Waals surface area contributed by atoms with Crippen LogP contribution in [-0.2, 0) is 13.1 Å². The molecule has 0 radical (unpaired) electrons. The van der Waals surface area contributed by atoms with E-state index in [2.05, 4.69) is 27.0 Å². The van der Waals surface area contributed by atoms with Gasteiger partial charge in [0.2, 0.25) is 0 Å². The Bertz CT molecular complexity index is 645. The van der Waals surface area contributed by atoms with Crippen molar-refractivity contribution in [1.82, 2.24) is 19.6 Å². The van der Waals surface area contributed by atoms with Crippen LogP contribution in [0.1, 0.15) is 25.3 Å². The molecule has 1 saturated heterocycles. The zero-order valence-electron chi connectivity index (χ0n) is 16.3. The molecule has 6 heteroatoms. The molecule has 0 amide bonds. The molecule has 1 aromatic heterocycles. The molecule has 1 N–H and O–H groups in total. The summed E-state index contributed by atoms with van der Waals surface area (Å²) in [5.74, 6) is 0.926. The van der Waals surface area contributed by atoms with Crippen molar-refractivity contribution in [3.05, 3.63) is 48.3 Å². The zero-order valence-corrected chi connectivity index (χ0v) is 16.3. The van der Waals surface area contributed by atoms with E-state index in [1.165, 1.54) is 5.56 Å². The fraction of sp³-hybridized carbons (Fsp3) is 0.571. The molecule has 0 saturated carbocycles. The summed E-state index contributed by atoms with van der Waals surface area (Å²) >= 11 is 0. The molecular weight excluding hydrogens is 340 g/mol. The maximum Gasteiger partial charge on any atom is 0.119 e. The summed E-state index contributed by atoms with van der Waals surface area (Å²) in [6.07, 6.45) is 5.78. The third-order valence-electron chi connectivity index (χ3n) is 5.19. The SMILES string of the molecule is CCOc1ccc(CN2CCN(CCCn3cccn3)C[C@@H]2CCO)cc1. The predicted molar refractivity (Wildman–Crippen MR) is 107 cm³/mol. The molecule has 6 nitrogen and oxygen atoms in total. The highest BCUT2D eigenvalue weighted by atomic mass is 16.5. The Hall–Kier alpha value is -1.89. The first-order valence-electron chi connectivity index (χ1n) is 10.0. The van der Waals surface area contributed by atoms with Crippen molar-refractivity contribution in [3.8, 4) is 5.75 Å². The first-order valence-corrected chi connectivity index (χ1v) is 10.0. The highest BCUT2D eigenvalue weighted by molar-refractivity contribution is 5.27. The quantitative estimate of drug-likeness (QED) is 0.693. The molecule has 1 atom stereocenters. The number of rotatable bonds is 10. The summed E-state index contributed by atoms with van der Waals surface area (Å²) in [5.41, 5.74) is 1.30. The summed E-state index contributed by atoms with van der Waals surface area (Å²) in [4.78, 5) is 5.04. The van der Waals surface area contributed by atoms with E-state index >= 15 is 0 Å². The molecule has 2 aromatic rings. The highest BCUT2D eigenvalue weighted by Crippen LogP contribution is 2.19. The molecule has 27 heavy (non-hydrogen) atoms. The smallest absolute Gasteiger partial charge is 0.119 e. The van der Waals surface area contributed by atoms with E-state index in [1.54, 1.807) is 0 Å². The van der Waals surface area contributed by atoms with Crippen molar-refractivity contribution in [2.75, 3.05) is 39.4 Å². The number of aliphatic hydroxyl groups excluding tert-OH is 1. The number of nitrogens with zero attached hydrogens (tertiary/aromatic N) is 4. The lowest BCUT2D eigenvalue weighted by Gasteiger charge is -2.41. The fourth-order valence-electron chi connectivity index (χ4n) is 3.77. The van der Waals surface area contributed by atoms with Gasteiger partial charge in [0, 0.05) is 64.3 Å². The van der Waals surface area contributed by atoms with Gasteiger partial charge in [-0.15, -0.1) is 0 Å². The molecule has 148 valence electrons. The van der Waals surface area contributed by atoms with Crippen LogP contribution in [0.25, 0.3) is 0 Å². The van der Waals surface area contributed by atoms with Crippen molar-refractivity contribution in [2.24, 2.45) is 0 Å². The summed E-state index contributed by atoms with van der Waals surface area (Å²) in [7, 11) is 0. The number of aliphatic hydroxyl groups is 1. The molecule has 0 bridgehead atoms. The van der Waals surface area contributed by atoms with Gasteiger partial charge in [-0.3, -0.25) is 9.58 Å². The minimum atomic E-state index is 0.242. The molecule has 0 unspecified atom stereocenters. The maximum absolute atomic E-state index is 9.51. The average molecular weight is 373 g/mol. The second-order valence-electron chi connectivity index (χ2n) is 7.14. The number of benzene rings is 1. The van der Waals surface area contributed by atoms with Crippen molar-refractivity contribution < 1.29 is 9.84 Å². The van der Waals surface area contributed by atoms with Crippen molar-refractivity contribution in [2.45, 2.75) is 38.9 Å². The monoisotopic (exact) mass is 372 g/mol. The molecule has 2 heterocycles. The van der Waals surface area contributed by atoms with Gasteiger partial charge in [0.15, 0.2) is 0 Å². The molecule has 3 rings (SSSR count). The van der Waals surface area contributed by atoms with Gasteiger partial charge in [0.05, 0.1) is 6.61 Å². The van der Waals surface area contributed by atoms with Gasteiger partial charge in [-0.05, 0) is 43.5 Å². The predicted octanol–water partition coefficient (Wildman–Crippen LogP) is 2.24. The van der Waals surface area contributed by atoms with Crippen LogP contribution in [0.4, 0.5) is 0 Å². The van der Waals surface area contributed by atoms with Crippen LogP contribution in [-0.4, -0.2) is 70.1 Å². The van der Waals surface area contributed by atoms with E-state index in [4.69, 9.17) is 4.74 Å². The van der Waals surface area contributed by atoms with Crippen LogP contribution in [0.15, 0.2) is 42.7 Å². The molecular formula is C21H32N4O2. The number of piperazine rings is 1. The number of hydrogen-bond donors (Lipinski definition) is 1. The van der Waals surface area contributed by atoms with Gasteiger partial charge in [0.25, 0.3) is 0 Å². The van der Waals surface area contributed by atoms with Crippen LogP contribution in [0.5, 0.6) is 5.75 Å². The number of ether oxygens (including phenoxy) is 1. The molecule has 1 aromatic carbocycles. The molecule has 1 fully saturated rings. The van der Waals surface area contributed by atoms with E-state index in [0.717, 1.165) is 57.9 Å². The minimum Gasteiger partial charge on any atom is -0.494 e. The Morgan fingerprint density at radius 1 is 1.19 bits per heavy atom. The lowest BCUT2D eigenvalue weighted by atomic mass is 10.1. The largest absolute Gasteiger partial charge is 0.494 e. The second kappa shape index (κ2) is 10.4. The molecule has 1 aliphatic rings. The Balaban J connectivity index is 1.49. The number of aryl methyl sites for hydroxylation is 1. The minimum absolute atomic E-state index is 0.242. The Kier molecular flexibility index (Phi) is 7.68. The topological polar surface area (TPSA) is 53.8 Å². The van der Waals surface area contributed by atoms with E-state index in [-0.39, 0.29) is 6.61 Å². The zero-order chi connectivity index (χ0) is 18.9. The van der Waals surface area contributed by atoms with Crippen LogP contribution in [0, 0.1) is 0 Å². The molecule has 0 spiro atoms. The van der Waals surface area contributed by atoms with Crippen LogP contribution >= 0.6 is 0 Å². The van der Waals surface area contributed by atoms with Gasteiger partial charge in [0.1, 0.15) is 5.75 Å². The first kappa shape index (κ1) is 19.9. The van der Waals surface area contributed by atoms with Crippen LogP contribution in [0.2, 0.25) is 0 Å². The lowest BCUT2D eigenvalue weighted by Crippen LogP contribution is -2.53. The molecule has 1 aliphatic heterocycles. The van der Waals surface area contributed by atoms with Gasteiger partial charge >= 0.3 is 0 Å². The maximum atomic E-state index is 9.51. The van der Waals surface area contributed by atoms with Gasteiger partial charge in [-0.25, -0.2) is 0 Å². The first-order chi connectivity index (χ1) is 13.3. The molecule has 0 aliphatic carbocycles. The van der Waals surface area contributed by atoms with Crippen molar-refractivity contribution >= 4 is 0 Å². The Morgan fingerprint density at radius 2 is 2.04 bits per heavy atom. The number of hydrogen-bond acceptors (Lipinski definition) is 5. The summed E-state index contributed by atoms with van der Waals surface area (Å²) < 4.78 is 7.52. The number of aromatic nitrogens is 2. The summed E-state index contributed by atoms with van der Waals surface area (Å²) in [6.45, 7) is 9.06. The lowest BCUT2D eigenvalue weighted by molar-refractivity contribution is 0.0526. The van der Waals surface area contributed by atoms with Gasteiger partial charge in [-0.2, -0.15) is 5.10 Å². The average Bonchev–Trinajstić information content (AvgIpc) is 3.19. The van der Waals surface area contributed by atoms with E-state index in [1.807, 2.05) is 42.2 Å². The van der Waals surface area contributed by atoms with Gasteiger partial charge < -0.3 is 14.7 Å². The summed E-state index contributed by atoms with van der Waals surface area (Å²) in [6, 6.07) is 10.8. The van der Waals surface area contributed by atoms with E-state index in [9.17, 15) is 5.11 Å². The Labute approximate surface area is 162 Å². The van der Waals surface area contributed by atoms with E-state index < -0.39 is 0 Å². The van der Waals surface area contributed by atoms with Crippen LogP contribution < -0.4 is 4.74 Å². The van der Waals surface area contributed by atoms with Crippen LogP contribution in [0.3, 0.4) is 0 Å². The van der Waals surface area contributed by atoms with E-state index in [0.29, 0.717) is 12.6 Å². The highest BCUT2D eigenvalue weighted by Gasteiger charge is 2.26. The normalized spacial score (nSPS) is 18.7.